The van der Waals surface area contributed by atoms with Gasteiger partial charge in [-0.1, -0.05) is 30.7 Å². The van der Waals surface area contributed by atoms with Gasteiger partial charge in [0.15, 0.2) is 0 Å². The number of benzene rings is 2. The van der Waals surface area contributed by atoms with Gasteiger partial charge in [-0.3, -0.25) is 0 Å². The number of aryl methyl sites for hydroxylation is 4. The van der Waals surface area contributed by atoms with Gasteiger partial charge < -0.3 is 4.57 Å². The van der Waals surface area contributed by atoms with E-state index in [-0.39, 0.29) is 0 Å². The van der Waals surface area contributed by atoms with Gasteiger partial charge in [0.25, 0.3) is 0 Å². The Labute approximate surface area is 142 Å². The van der Waals surface area contributed by atoms with Gasteiger partial charge in [0.05, 0.1) is 11.0 Å². The Morgan fingerprint density at radius 1 is 1.00 bits per heavy atom. The Morgan fingerprint density at radius 3 is 2.48 bits per heavy atom. The Hall–Kier alpha value is -1.74. The third-order valence-electron chi connectivity index (χ3n) is 4.11. The van der Waals surface area contributed by atoms with Crippen LogP contribution in [0.1, 0.15) is 30.3 Å². The SMILES string of the molecule is CCc1nc2ccc(C)cc2n1CCCSc1ccc(C)cc1. The Balaban J connectivity index is 1.66. The zero-order chi connectivity index (χ0) is 16.2. The van der Waals surface area contributed by atoms with Crippen LogP contribution in [0.15, 0.2) is 47.4 Å². The Morgan fingerprint density at radius 2 is 1.74 bits per heavy atom. The topological polar surface area (TPSA) is 17.8 Å². The molecule has 0 N–H and O–H groups in total. The fourth-order valence-corrected chi connectivity index (χ4v) is 3.69. The smallest absolute Gasteiger partial charge is 0.109 e. The third-order valence-corrected chi connectivity index (χ3v) is 5.21. The maximum atomic E-state index is 4.78. The second-order valence-electron chi connectivity index (χ2n) is 6.04. The zero-order valence-electron chi connectivity index (χ0n) is 14.2. The van der Waals surface area contributed by atoms with Crippen molar-refractivity contribution in [2.75, 3.05) is 5.75 Å². The summed E-state index contributed by atoms with van der Waals surface area (Å²) in [6.07, 6.45) is 2.14. The first-order chi connectivity index (χ1) is 11.2. The summed E-state index contributed by atoms with van der Waals surface area (Å²) in [5.74, 6) is 2.34. The molecular formula is C20H24N2S. The largest absolute Gasteiger partial charge is 0.328 e. The van der Waals surface area contributed by atoms with Crippen LogP contribution >= 0.6 is 11.8 Å². The number of thioether (sulfide) groups is 1. The van der Waals surface area contributed by atoms with Crippen molar-refractivity contribution in [1.29, 1.82) is 0 Å². The molecule has 1 aromatic heterocycles. The van der Waals surface area contributed by atoms with E-state index >= 15 is 0 Å². The third kappa shape index (κ3) is 3.78. The highest BCUT2D eigenvalue weighted by atomic mass is 32.2. The van der Waals surface area contributed by atoms with Gasteiger partial charge >= 0.3 is 0 Å². The van der Waals surface area contributed by atoms with E-state index in [9.17, 15) is 0 Å². The van der Waals surface area contributed by atoms with Crippen molar-refractivity contribution in [1.82, 2.24) is 9.55 Å². The van der Waals surface area contributed by atoms with Crippen molar-refractivity contribution < 1.29 is 0 Å². The number of aromatic nitrogens is 2. The van der Waals surface area contributed by atoms with Gasteiger partial charge in [0, 0.05) is 17.9 Å². The molecule has 2 aromatic carbocycles. The molecule has 0 aliphatic carbocycles. The maximum Gasteiger partial charge on any atom is 0.109 e. The van der Waals surface area contributed by atoms with Gasteiger partial charge in [-0.2, -0.15) is 0 Å². The molecule has 1 heterocycles. The lowest BCUT2D eigenvalue weighted by Gasteiger charge is -2.08. The van der Waals surface area contributed by atoms with Gasteiger partial charge in [0.2, 0.25) is 0 Å². The zero-order valence-corrected chi connectivity index (χ0v) is 15.0. The first-order valence-corrected chi connectivity index (χ1v) is 9.31. The molecular weight excluding hydrogens is 300 g/mol. The van der Waals surface area contributed by atoms with Crippen LogP contribution < -0.4 is 0 Å². The Bertz CT molecular complexity index is 787. The molecule has 2 nitrogen and oxygen atoms in total. The van der Waals surface area contributed by atoms with Crippen molar-refractivity contribution in [2.45, 2.75) is 45.1 Å². The monoisotopic (exact) mass is 324 g/mol. The molecule has 3 heteroatoms. The second-order valence-corrected chi connectivity index (χ2v) is 7.21. The second kappa shape index (κ2) is 7.22. The molecule has 0 atom stereocenters. The van der Waals surface area contributed by atoms with Crippen molar-refractivity contribution in [3.05, 3.63) is 59.4 Å². The quantitative estimate of drug-likeness (QED) is 0.446. The number of imidazole rings is 1. The van der Waals surface area contributed by atoms with E-state index in [0.717, 1.165) is 30.7 Å². The average molecular weight is 324 g/mol. The fraction of sp³-hybridized carbons (Fsp3) is 0.350. The number of fused-ring (bicyclic) bond motifs is 1. The van der Waals surface area contributed by atoms with Crippen molar-refractivity contribution in [2.24, 2.45) is 0 Å². The number of hydrogen-bond acceptors (Lipinski definition) is 2. The van der Waals surface area contributed by atoms with Crippen LogP contribution in [-0.4, -0.2) is 15.3 Å². The molecule has 0 unspecified atom stereocenters. The van der Waals surface area contributed by atoms with Crippen LogP contribution in [-0.2, 0) is 13.0 Å². The molecule has 3 aromatic rings. The van der Waals surface area contributed by atoms with Gasteiger partial charge in [-0.15, -0.1) is 11.8 Å². The van der Waals surface area contributed by atoms with Gasteiger partial charge in [-0.25, -0.2) is 4.98 Å². The van der Waals surface area contributed by atoms with Crippen molar-refractivity contribution in [3.63, 3.8) is 0 Å². The summed E-state index contributed by atoms with van der Waals surface area (Å²) < 4.78 is 2.40. The summed E-state index contributed by atoms with van der Waals surface area (Å²) in [5, 5.41) is 0. The van der Waals surface area contributed by atoms with E-state index in [1.54, 1.807) is 0 Å². The van der Waals surface area contributed by atoms with E-state index in [4.69, 9.17) is 4.98 Å². The Kier molecular flexibility index (Phi) is 5.06. The molecule has 120 valence electrons. The van der Waals surface area contributed by atoms with Crippen LogP contribution in [0.5, 0.6) is 0 Å². The molecule has 0 fully saturated rings. The van der Waals surface area contributed by atoms with E-state index < -0.39 is 0 Å². The van der Waals surface area contributed by atoms with Crippen LogP contribution in [0.4, 0.5) is 0 Å². The first-order valence-electron chi connectivity index (χ1n) is 8.32. The summed E-state index contributed by atoms with van der Waals surface area (Å²) in [7, 11) is 0. The lowest BCUT2D eigenvalue weighted by atomic mass is 10.2. The highest BCUT2D eigenvalue weighted by Gasteiger charge is 2.09. The molecule has 0 aliphatic rings. The summed E-state index contributed by atoms with van der Waals surface area (Å²) in [5.41, 5.74) is 5.03. The predicted molar refractivity (Wildman–Crippen MR) is 100 cm³/mol. The highest BCUT2D eigenvalue weighted by Crippen LogP contribution is 2.22. The molecule has 0 saturated carbocycles. The maximum absolute atomic E-state index is 4.78. The number of nitrogens with zero attached hydrogens (tertiary/aromatic N) is 2. The molecule has 0 bridgehead atoms. The van der Waals surface area contributed by atoms with Crippen LogP contribution in [0.3, 0.4) is 0 Å². The fourth-order valence-electron chi connectivity index (χ4n) is 2.85. The lowest BCUT2D eigenvalue weighted by molar-refractivity contribution is 0.664. The summed E-state index contributed by atoms with van der Waals surface area (Å²) >= 11 is 1.94. The molecule has 23 heavy (non-hydrogen) atoms. The van der Waals surface area contributed by atoms with Gasteiger partial charge in [-0.05, 0) is 55.9 Å². The standard InChI is InChI=1S/C20H24N2S/c1-4-20-21-18-11-8-16(3)14-19(18)22(20)12-5-13-23-17-9-6-15(2)7-10-17/h6-11,14H,4-5,12-13H2,1-3H3. The van der Waals surface area contributed by atoms with E-state index in [0.29, 0.717) is 0 Å². The molecule has 0 amide bonds. The van der Waals surface area contributed by atoms with Crippen LogP contribution in [0.25, 0.3) is 11.0 Å². The average Bonchev–Trinajstić information content (AvgIpc) is 2.90. The predicted octanol–water partition coefficient (Wildman–Crippen LogP) is 5.40. The first kappa shape index (κ1) is 16.1. The highest BCUT2D eigenvalue weighted by molar-refractivity contribution is 7.99. The molecule has 0 spiro atoms. The minimum atomic E-state index is 0.985. The van der Waals surface area contributed by atoms with Crippen molar-refractivity contribution >= 4 is 22.8 Å². The minimum Gasteiger partial charge on any atom is -0.328 e. The van der Waals surface area contributed by atoms with E-state index in [1.165, 1.54) is 27.4 Å². The molecule has 3 rings (SSSR count). The molecule has 0 aliphatic heterocycles. The van der Waals surface area contributed by atoms with Crippen molar-refractivity contribution in [3.8, 4) is 0 Å². The summed E-state index contributed by atoms with van der Waals surface area (Å²) in [4.78, 5) is 6.13. The molecule has 0 radical (unpaired) electrons. The van der Waals surface area contributed by atoms with Crippen LogP contribution in [0.2, 0.25) is 0 Å². The molecule has 0 saturated heterocycles. The lowest BCUT2D eigenvalue weighted by Crippen LogP contribution is -2.04. The van der Waals surface area contributed by atoms with E-state index in [1.807, 2.05) is 11.8 Å². The van der Waals surface area contributed by atoms with Gasteiger partial charge in [0.1, 0.15) is 5.82 Å². The number of hydrogen-bond donors (Lipinski definition) is 0. The minimum absolute atomic E-state index is 0.985. The summed E-state index contributed by atoms with van der Waals surface area (Å²) in [6.45, 7) is 7.51. The normalized spacial score (nSPS) is 11.3. The van der Waals surface area contributed by atoms with Crippen LogP contribution in [0, 0.1) is 13.8 Å². The summed E-state index contributed by atoms with van der Waals surface area (Å²) in [6, 6.07) is 15.3. The van der Waals surface area contributed by atoms with E-state index in [2.05, 4.69) is 67.8 Å². The number of rotatable bonds is 6.